The topological polar surface area (TPSA) is 72.8 Å². The fraction of sp³-hybridized carbons (Fsp3) is 0.389. The summed E-state index contributed by atoms with van der Waals surface area (Å²) in [6.07, 6.45) is -3.49. The number of alkyl halides is 4. The van der Waals surface area contributed by atoms with Gasteiger partial charge in [-0.2, -0.15) is 5.10 Å². The molecule has 0 unspecified atom stereocenters. The van der Waals surface area contributed by atoms with Crippen molar-refractivity contribution in [3.63, 3.8) is 0 Å². The van der Waals surface area contributed by atoms with Gasteiger partial charge in [0.05, 0.1) is 6.04 Å². The van der Waals surface area contributed by atoms with Gasteiger partial charge >= 0.3 is 6.36 Å². The fourth-order valence-corrected chi connectivity index (χ4v) is 3.45. The molecule has 3 aromatic rings. The number of fused-ring (bicyclic) bond motifs is 1. The van der Waals surface area contributed by atoms with E-state index < -0.39 is 36.2 Å². The molecule has 0 bridgehead atoms. The Hall–Kier alpha value is -2.98. The first kappa shape index (κ1) is 19.3. The largest absolute Gasteiger partial charge is 0.573 e. The molecule has 1 saturated carbocycles. The molecule has 29 heavy (non-hydrogen) atoms. The van der Waals surface area contributed by atoms with Crippen LogP contribution in [0, 0.1) is 18.7 Å². The number of hydrogen-bond donors (Lipinski definition) is 1. The highest BCUT2D eigenvalue weighted by Gasteiger charge is 2.37. The van der Waals surface area contributed by atoms with Crippen LogP contribution in [-0.2, 0) is 6.67 Å². The molecule has 0 aliphatic heterocycles. The van der Waals surface area contributed by atoms with Crippen molar-refractivity contribution >= 4 is 11.0 Å². The van der Waals surface area contributed by atoms with E-state index in [1.165, 1.54) is 10.7 Å². The van der Waals surface area contributed by atoms with Crippen LogP contribution in [0.2, 0.25) is 0 Å². The van der Waals surface area contributed by atoms with Crippen LogP contribution in [0.25, 0.3) is 11.0 Å². The third-order valence-corrected chi connectivity index (χ3v) is 4.73. The number of nitrogens with one attached hydrogen (secondary N) is 1. The number of aryl methyl sites for hydroxylation is 1. The van der Waals surface area contributed by atoms with Crippen molar-refractivity contribution in [2.75, 3.05) is 0 Å². The summed E-state index contributed by atoms with van der Waals surface area (Å²) in [5.41, 5.74) is -0.168. The zero-order valence-corrected chi connectivity index (χ0v) is 15.1. The number of hydrogen-bond acceptors (Lipinski definition) is 4. The predicted octanol–water partition coefficient (Wildman–Crippen LogP) is 3.93. The third-order valence-electron chi connectivity index (χ3n) is 4.73. The summed E-state index contributed by atoms with van der Waals surface area (Å²) in [5, 5.41) is 4.19. The van der Waals surface area contributed by atoms with Gasteiger partial charge in [-0.15, -0.1) is 13.2 Å². The highest BCUT2D eigenvalue weighted by Crippen LogP contribution is 2.45. The number of benzene rings is 1. The lowest BCUT2D eigenvalue weighted by Crippen LogP contribution is -2.19. The average molecular weight is 414 g/mol. The molecule has 1 fully saturated rings. The molecule has 1 aromatic carbocycles. The number of halogens is 5. The van der Waals surface area contributed by atoms with Crippen molar-refractivity contribution in [2.24, 2.45) is 5.92 Å². The lowest BCUT2D eigenvalue weighted by molar-refractivity contribution is -0.275. The molecule has 11 heteroatoms. The van der Waals surface area contributed by atoms with Crippen LogP contribution in [0.15, 0.2) is 23.0 Å². The van der Waals surface area contributed by atoms with Gasteiger partial charge in [0, 0.05) is 0 Å². The van der Waals surface area contributed by atoms with Gasteiger partial charge in [-0.1, -0.05) is 6.07 Å². The normalized spacial score (nSPS) is 15.7. The molecule has 2 heterocycles. The Morgan fingerprint density at radius 3 is 2.66 bits per heavy atom. The smallest absolute Gasteiger partial charge is 0.403 e. The standard InChI is InChI=1S/C18H15F5N4O2/c1-8-24-16-14(17(28)25-8)12(7-19)26-27(16)15(9-2-3-9)10-4-5-13(11(20)6-10)29-18(21,22)23/h4-6,9,15H,2-3,7H2,1H3,(H,24,25,28)/t15-/m0/s1. The molecule has 0 saturated heterocycles. The first-order chi connectivity index (χ1) is 13.7. The minimum Gasteiger partial charge on any atom is -0.403 e. The van der Waals surface area contributed by atoms with E-state index in [2.05, 4.69) is 19.8 Å². The van der Waals surface area contributed by atoms with Gasteiger partial charge in [0.25, 0.3) is 5.56 Å². The van der Waals surface area contributed by atoms with Crippen molar-refractivity contribution in [3.05, 3.63) is 51.5 Å². The maximum atomic E-state index is 14.3. The molecule has 154 valence electrons. The van der Waals surface area contributed by atoms with E-state index in [0.29, 0.717) is 11.4 Å². The number of aromatic amines is 1. The summed E-state index contributed by atoms with van der Waals surface area (Å²) in [6.45, 7) is 0.559. The van der Waals surface area contributed by atoms with Crippen LogP contribution in [0.3, 0.4) is 0 Å². The maximum absolute atomic E-state index is 14.3. The van der Waals surface area contributed by atoms with E-state index in [4.69, 9.17) is 0 Å². The molecule has 1 aliphatic rings. The second kappa shape index (κ2) is 6.82. The molecular weight excluding hydrogens is 399 g/mol. The first-order valence-corrected chi connectivity index (χ1v) is 8.77. The molecule has 1 aliphatic carbocycles. The van der Waals surface area contributed by atoms with Gasteiger partial charge in [-0.3, -0.25) is 4.79 Å². The molecule has 0 radical (unpaired) electrons. The van der Waals surface area contributed by atoms with Gasteiger partial charge in [0.15, 0.2) is 17.2 Å². The van der Waals surface area contributed by atoms with Crippen molar-refractivity contribution in [2.45, 2.75) is 38.8 Å². The Morgan fingerprint density at radius 2 is 2.07 bits per heavy atom. The minimum atomic E-state index is -5.02. The van der Waals surface area contributed by atoms with Gasteiger partial charge < -0.3 is 9.72 Å². The molecule has 6 nitrogen and oxygen atoms in total. The Bertz CT molecular complexity index is 1130. The van der Waals surface area contributed by atoms with E-state index in [1.807, 2.05) is 0 Å². The summed E-state index contributed by atoms with van der Waals surface area (Å²) >= 11 is 0. The highest BCUT2D eigenvalue weighted by molar-refractivity contribution is 5.77. The van der Waals surface area contributed by atoms with Crippen molar-refractivity contribution in [1.82, 2.24) is 19.7 Å². The SMILES string of the molecule is Cc1nc2c(c(CF)nn2[C@H](c2ccc(OC(F)(F)F)c(F)c2)C2CC2)c(=O)[nH]1. The predicted molar refractivity (Wildman–Crippen MR) is 91.6 cm³/mol. The second-order valence-corrected chi connectivity index (χ2v) is 6.89. The summed E-state index contributed by atoms with van der Waals surface area (Å²) < 4.78 is 70.0. The monoisotopic (exact) mass is 414 g/mol. The highest BCUT2D eigenvalue weighted by atomic mass is 19.4. The van der Waals surface area contributed by atoms with Gasteiger partial charge in [-0.25, -0.2) is 18.4 Å². The Kier molecular flexibility index (Phi) is 4.55. The van der Waals surface area contributed by atoms with Crippen LogP contribution < -0.4 is 10.3 Å². The quantitative estimate of drug-likeness (QED) is 0.642. The van der Waals surface area contributed by atoms with Gasteiger partial charge in [-0.05, 0) is 43.4 Å². The Balaban J connectivity index is 1.84. The van der Waals surface area contributed by atoms with Crippen LogP contribution in [0.1, 0.15) is 36.0 Å². The zero-order valence-electron chi connectivity index (χ0n) is 15.1. The van der Waals surface area contributed by atoms with Crippen molar-refractivity contribution < 1.29 is 26.7 Å². The lowest BCUT2D eigenvalue weighted by Gasteiger charge is -2.19. The van der Waals surface area contributed by atoms with Gasteiger partial charge in [0.1, 0.15) is 23.6 Å². The average Bonchev–Trinajstić information content (AvgIpc) is 3.38. The minimum absolute atomic E-state index is 0.000685. The summed E-state index contributed by atoms with van der Waals surface area (Å²) in [4.78, 5) is 19.0. The van der Waals surface area contributed by atoms with Gasteiger partial charge in [0.2, 0.25) is 0 Å². The Labute approximate surface area is 160 Å². The van der Waals surface area contributed by atoms with E-state index in [9.17, 15) is 26.7 Å². The van der Waals surface area contributed by atoms with Crippen molar-refractivity contribution in [3.8, 4) is 5.75 Å². The van der Waals surface area contributed by atoms with E-state index in [0.717, 1.165) is 25.0 Å². The molecule has 0 spiro atoms. The van der Waals surface area contributed by atoms with Crippen LogP contribution >= 0.6 is 0 Å². The number of aromatic nitrogens is 4. The molecule has 0 amide bonds. The van der Waals surface area contributed by atoms with Crippen molar-refractivity contribution in [1.29, 1.82) is 0 Å². The molecule has 4 rings (SSSR count). The van der Waals surface area contributed by atoms with Crippen LogP contribution in [0.5, 0.6) is 5.75 Å². The van der Waals surface area contributed by atoms with E-state index >= 15 is 0 Å². The number of ether oxygens (including phenoxy) is 1. The van der Waals surface area contributed by atoms with E-state index in [1.54, 1.807) is 6.92 Å². The third kappa shape index (κ3) is 3.68. The van der Waals surface area contributed by atoms with Crippen LogP contribution in [-0.4, -0.2) is 26.1 Å². The number of nitrogens with zero attached hydrogens (tertiary/aromatic N) is 3. The van der Waals surface area contributed by atoms with Crippen LogP contribution in [0.4, 0.5) is 22.0 Å². The lowest BCUT2D eigenvalue weighted by atomic mass is 10.0. The first-order valence-electron chi connectivity index (χ1n) is 8.77. The maximum Gasteiger partial charge on any atom is 0.573 e. The molecule has 1 N–H and O–H groups in total. The summed E-state index contributed by atoms with van der Waals surface area (Å²) in [6, 6.07) is 2.52. The molecular formula is C18H15F5N4O2. The summed E-state index contributed by atoms with van der Waals surface area (Å²) in [7, 11) is 0. The second-order valence-electron chi connectivity index (χ2n) is 6.89. The number of H-pyrrole nitrogens is 1. The molecule has 1 atom stereocenters. The summed E-state index contributed by atoms with van der Waals surface area (Å²) in [5.74, 6) is -1.84. The fourth-order valence-electron chi connectivity index (χ4n) is 3.45. The molecule has 2 aromatic heterocycles. The van der Waals surface area contributed by atoms with E-state index in [-0.39, 0.29) is 22.6 Å². The zero-order chi connectivity index (χ0) is 20.9. The number of rotatable bonds is 5. The Morgan fingerprint density at radius 1 is 1.34 bits per heavy atom.